The second-order valence-corrected chi connectivity index (χ2v) is 6.19. The van der Waals surface area contributed by atoms with E-state index in [1.54, 1.807) is 11.9 Å². The summed E-state index contributed by atoms with van der Waals surface area (Å²) in [6, 6.07) is 0. The second kappa shape index (κ2) is 7.62. The molecule has 0 unspecified atom stereocenters. The standard InChI is InChI=1S/C15H27NO4/c1-12(2)20-9-8-16(3)13(17)10-15(11-14(18)19)6-4-5-7-15/h12H,4-11H2,1-3H3,(H,18,19). The largest absolute Gasteiger partial charge is 0.481 e. The van der Waals surface area contributed by atoms with Gasteiger partial charge in [-0.25, -0.2) is 0 Å². The van der Waals surface area contributed by atoms with Crippen molar-refractivity contribution >= 4 is 11.9 Å². The van der Waals surface area contributed by atoms with Gasteiger partial charge in [-0.05, 0) is 32.1 Å². The first-order valence-electron chi connectivity index (χ1n) is 7.42. The Bertz CT molecular complexity index is 335. The molecule has 1 amide bonds. The lowest BCUT2D eigenvalue weighted by molar-refractivity contribution is -0.141. The lowest BCUT2D eigenvalue weighted by Crippen LogP contribution is -2.35. The van der Waals surface area contributed by atoms with Crippen LogP contribution in [-0.4, -0.2) is 48.2 Å². The zero-order valence-electron chi connectivity index (χ0n) is 12.9. The number of rotatable bonds is 8. The predicted octanol–water partition coefficient (Wildman–Crippen LogP) is 2.29. The number of nitrogens with zero attached hydrogens (tertiary/aromatic N) is 1. The van der Waals surface area contributed by atoms with Gasteiger partial charge in [-0.3, -0.25) is 9.59 Å². The van der Waals surface area contributed by atoms with Gasteiger partial charge in [0.1, 0.15) is 0 Å². The third-order valence-electron chi connectivity index (χ3n) is 4.02. The SMILES string of the molecule is CC(C)OCCN(C)C(=O)CC1(CC(=O)O)CCCC1. The summed E-state index contributed by atoms with van der Waals surface area (Å²) in [5.41, 5.74) is -0.323. The number of hydrogen-bond acceptors (Lipinski definition) is 3. The zero-order valence-corrected chi connectivity index (χ0v) is 12.9. The molecule has 0 aromatic rings. The summed E-state index contributed by atoms with van der Waals surface area (Å²) < 4.78 is 5.43. The zero-order chi connectivity index (χ0) is 15.2. The van der Waals surface area contributed by atoms with Crippen LogP contribution in [0.5, 0.6) is 0 Å². The smallest absolute Gasteiger partial charge is 0.303 e. The van der Waals surface area contributed by atoms with Crippen molar-refractivity contribution in [2.45, 2.75) is 58.5 Å². The number of ether oxygens (including phenoxy) is 1. The minimum atomic E-state index is -0.800. The fraction of sp³-hybridized carbons (Fsp3) is 0.867. The summed E-state index contributed by atoms with van der Waals surface area (Å²) in [5.74, 6) is -0.772. The monoisotopic (exact) mass is 285 g/mol. The summed E-state index contributed by atoms with van der Waals surface area (Å²) >= 11 is 0. The molecule has 0 bridgehead atoms. The Hall–Kier alpha value is -1.10. The maximum Gasteiger partial charge on any atom is 0.303 e. The maximum absolute atomic E-state index is 12.2. The number of likely N-dealkylation sites (N-methyl/N-ethyl adjacent to an activating group) is 1. The summed E-state index contributed by atoms with van der Waals surface area (Å²) in [6.45, 7) is 5.00. The normalized spacial score (nSPS) is 17.4. The van der Waals surface area contributed by atoms with Crippen molar-refractivity contribution in [3.05, 3.63) is 0 Å². The van der Waals surface area contributed by atoms with E-state index in [-0.39, 0.29) is 23.8 Å². The van der Waals surface area contributed by atoms with E-state index in [4.69, 9.17) is 9.84 Å². The summed E-state index contributed by atoms with van der Waals surface area (Å²) in [4.78, 5) is 24.9. The topological polar surface area (TPSA) is 66.8 Å². The van der Waals surface area contributed by atoms with Gasteiger partial charge in [-0.15, -0.1) is 0 Å². The minimum Gasteiger partial charge on any atom is -0.481 e. The molecule has 0 spiro atoms. The quantitative estimate of drug-likeness (QED) is 0.743. The van der Waals surface area contributed by atoms with Gasteiger partial charge >= 0.3 is 5.97 Å². The Morgan fingerprint density at radius 1 is 1.25 bits per heavy atom. The van der Waals surface area contributed by atoms with E-state index in [2.05, 4.69) is 0 Å². The molecule has 1 aliphatic carbocycles. The van der Waals surface area contributed by atoms with Gasteiger partial charge in [-0.2, -0.15) is 0 Å². The Labute approximate surface area is 121 Å². The summed E-state index contributed by atoms with van der Waals surface area (Å²) in [6.07, 6.45) is 4.36. The highest BCUT2D eigenvalue weighted by atomic mass is 16.5. The van der Waals surface area contributed by atoms with Gasteiger partial charge in [0.05, 0.1) is 19.1 Å². The highest BCUT2D eigenvalue weighted by Crippen LogP contribution is 2.44. The third-order valence-corrected chi connectivity index (χ3v) is 4.02. The lowest BCUT2D eigenvalue weighted by Gasteiger charge is -2.29. The number of aliphatic carboxylic acids is 1. The third kappa shape index (κ3) is 5.49. The molecule has 0 aliphatic heterocycles. The van der Waals surface area contributed by atoms with Crippen molar-refractivity contribution in [3.8, 4) is 0 Å². The molecule has 0 radical (unpaired) electrons. The van der Waals surface area contributed by atoms with Crippen LogP contribution in [0.2, 0.25) is 0 Å². The van der Waals surface area contributed by atoms with Crippen LogP contribution in [0, 0.1) is 5.41 Å². The first-order valence-corrected chi connectivity index (χ1v) is 7.42. The number of carbonyl (C=O) groups excluding carboxylic acids is 1. The fourth-order valence-corrected chi connectivity index (χ4v) is 2.87. The second-order valence-electron chi connectivity index (χ2n) is 6.19. The molecule has 1 fully saturated rings. The summed E-state index contributed by atoms with van der Waals surface area (Å²) in [7, 11) is 1.76. The van der Waals surface area contributed by atoms with Gasteiger partial charge in [-0.1, -0.05) is 12.8 Å². The minimum absolute atomic E-state index is 0.0282. The maximum atomic E-state index is 12.2. The average Bonchev–Trinajstić information content (AvgIpc) is 2.75. The Morgan fingerprint density at radius 2 is 1.85 bits per heavy atom. The van der Waals surface area contributed by atoms with E-state index in [1.807, 2.05) is 13.8 Å². The Morgan fingerprint density at radius 3 is 2.35 bits per heavy atom. The van der Waals surface area contributed by atoms with Crippen molar-refractivity contribution in [1.29, 1.82) is 0 Å². The first kappa shape index (κ1) is 17.0. The molecule has 5 heteroatoms. The van der Waals surface area contributed by atoms with Crippen LogP contribution in [-0.2, 0) is 14.3 Å². The predicted molar refractivity (Wildman–Crippen MR) is 76.5 cm³/mol. The molecule has 0 heterocycles. The molecule has 0 aromatic heterocycles. The number of amides is 1. The lowest BCUT2D eigenvalue weighted by atomic mass is 9.79. The number of hydrogen-bond donors (Lipinski definition) is 1. The molecule has 0 atom stereocenters. The molecule has 1 N–H and O–H groups in total. The van der Waals surface area contributed by atoms with Crippen LogP contribution in [0.25, 0.3) is 0 Å². The molecule has 1 rings (SSSR count). The van der Waals surface area contributed by atoms with Crippen LogP contribution >= 0.6 is 0 Å². The van der Waals surface area contributed by atoms with Crippen LogP contribution in [0.4, 0.5) is 0 Å². The van der Waals surface area contributed by atoms with Crippen LogP contribution in [0.15, 0.2) is 0 Å². The van der Waals surface area contributed by atoms with Crippen molar-refractivity contribution in [2.75, 3.05) is 20.2 Å². The average molecular weight is 285 g/mol. The van der Waals surface area contributed by atoms with Crippen LogP contribution in [0.1, 0.15) is 52.4 Å². The fourth-order valence-electron chi connectivity index (χ4n) is 2.87. The van der Waals surface area contributed by atoms with E-state index in [9.17, 15) is 9.59 Å². The molecule has 0 saturated heterocycles. The van der Waals surface area contributed by atoms with Gasteiger partial charge < -0.3 is 14.7 Å². The molecule has 1 aliphatic rings. The molecule has 5 nitrogen and oxygen atoms in total. The van der Waals surface area contributed by atoms with Crippen molar-refractivity contribution in [2.24, 2.45) is 5.41 Å². The van der Waals surface area contributed by atoms with Gasteiger partial charge in [0.25, 0.3) is 0 Å². The van der Waals surface area contributed by atoms with E-state index < -0.39 is 5.97 Å². The number of carboxylic acid groups (broad SMARTS) is 1. The van der Waals surface area contributed by atoms with Gasteiger partial charge in [0.2, 0.25) is 5.91 Å². The molecule has 1 saturated carbocycles. The van der Waals surface area contributed by atoms with Crippen LogP contribution in [0.3, 0.4) is 0 Å². The Balaban J connectivity index is 2.47. The number of carbonyl (C=O) groups is 2. The molecule has 20 heavy (non-hydrogen) atoms. The number of carboxylic acids is 1. The molecule has 116 valence electrons. The van der Waals surface area contributed by atoms with Gasteiger partial charge in [0, 0.05) is 20.0 Å². The van der Waals surface area contributed by atoms with Crippen molar-refractivity contribution in [3.63, 3.8) is 0 Å². The van der Waals surface area contributed by atoms with Crippen LogP contribution < -0.4 is 0 Å². The Kier molecular flexibility index (Phi) is 6.46. The van der Waals surface area contributed by atoms with Gasteiger partial charge in [0.15, 0.2) is 0 Å². The van der Waals surface area contributed by atoms with Crippen molar-refractivity contribution < 1.29 is 19.4 Å². The molecular formula is C15H27NO4. The van der Waals surface area contributed by atoms with E-state index in [0.717, 1.165) is 25.7 Å². The summed E-state index contributed by atoms with van der Waals surface area (Å²) in [5, 5.41) is 9.05. The molecule has 0 aromatic carbocycles. The highest BCUT2D eigenvalue weighted by Gasteiger charge is 2.38. The first-order chi connectivity index (χ1) is 9.34. The van der Waals surface area contributed by atoms with E-state index in [1.165, 1.54) is 0 Å². The van der Waals surface area contributed by atoms with E-state index >= 15 is 0 Å². The highest BCUT2D eigenvalue weighted by molar-refractivity contribution is 5.78. The molecular weight excluding hydrogens is 258 g/mol. The van der Waals surface area contributed by atoms with E-state index in [0.29, 0.717) is 19.6 Å². The van der Waals surface area contributed by atoms with Crippen molar-refractivity contribution in [1.82, 2.24) is 4.90 Å².